The summed E-state index contributed by atoms with van der Waals surface area (Å²) < 4.78 is 5.30. The molecule has 3 rings (SSSR count). The smallest absolute Gasteiger partial charge is 0.312 e. The highest BCUT2D eigenvalue weighted by atomic mass is 35.5. The Morgan fingerprint density at radius 3 is 2.63 bits per heavy atom. The molecule has 2 nitrogen and oxygen atoms in total. The lowest BCUT2D eigenvalue weighted by molar-refractivity contribution is -0.135. The zero-order chi connectivity index (χ0) is 13.4. The first kappa shape index (κ1) is 12.2. The minimum Gasteiger partial charge on any atom is -0.426 e. The highest BCUT2D eigenvalue weighted by Gasteiger charge is 2.28. The lowest BCUT2D eigenvalue weighted by atomic mass is 9.86. The van der Waals surface area contributed by atoms with Gasteiger partial charge in [-0.25, -0.2) is 0 Å². The number of aryl methyl sites for hydroxylation is 1. The Kier molecular flexibility index (Phi) is 3.03. The molecule has 19 heavy (non-hydrogen) atoms. The van der Waals surface area contributed by atoms with Crippen LogP contribution in [-0.4, -0.2) is 5.97 Å². The van der Waals surface area contributed by atoms with Crippen molar-refractivity contribution in [1.29, 1.82) is 0 Å². The number of ether oxygens (including phenoxy) is 1. The summed E-state index contributed by atoms with van der Waals surface area (Å²) in [6.07, 6.45) is 0.373. The molecule has 3 heteroatoms. The van der Waals surface area contributed by atoms with Crippen molar-refractivity contribution in [3.05, 3.63) is 64.2 Å². The van der Waals surface area contributed by atoms with E-state index in [1.54, 1.807) is 0 Å². The van der Waals surface area contributed by atoms with Crippen LogP contribution in [0.5, 0.6) is 5.75 Å². The molecule has 1 atom stereocenters. The molecular weight excluding hydrogens is 260 g/mol. The lowest BCUT2D eigenvalue weighted by Gasteiger charge is -2.25. The summed E-state index contributed by atoms with van der Waals surface area (Å²) in [5, 5.41) is 0.701. The minimum atomic E-state index is -0.184. The number of benzene rings is 2. The molecule has 0 N–H and O–H groups in total. The Bertz CT molecular complexity index is 632. The molecule has 96 valence electrons. The Hall–Kier alpha value is -1.80. The van der Waals surface area contributed by atoms with Crippen molar-refractivity contribution in [2.24, 2.45) is 0 Å². The van der Waals surface area contributed by atoms with Gasteiger partial charge in [-0.05, 0) is 30.7 Å². The second-order valence-electron chi connectivity index (χ2n) is 4.82. The fourth-order valence-corrected chi connectivity index (χ4v) is 2.59. The van der Waals surface area contributed by atoms with Gasteiger partial charge in [-0.2, -0.15) is 0 Å². The van der Waals surface area contributed by atoms with Crippen LogP contribution in [0.25, 0.3) is 0 Å². The number of hydrogen-bond acceptors (Lipinski definition) is 2. The second kappa shape index (κ2) is 4.71. The fraction of sp³-hybridized carbons (Fsp3) is 0.188. The maximum atomic E-state index is 11.7. The molecular formula is C16H13ClO2. The van der Waals surface area contributed by atoms with Gasteiger partial charge >= 0.3 is 5.97 Å². The molecule has 0 amide bonds. The van der Waals surface area contributed by atoms with Gasteiger partial charge in [0.25, 0.3) is 0 Å². The van der Waals surface area contributed by atoms with Crippen LogP contribution in [0.1, 0.15) is 29.0 Å². The van der Waals surface area contributed by atoms with Crippen LogP contribution in [0.3, 0.4) is 0 Å². The highest BCUT2D eigenvalue weighted by molar-refractivity contribution is 6.30. The zero-order valence-corrected chi connectivity index (χ0v) is 11.3. The molecule has 1 aliphatic heterocycles. The molecule has 1 unspecified atom stereocenters. The highest BCUT2D eigenvalue weighted by Crippen LogP contribution is 2.39. The van der Waals surface area contributed by atoms with Crippen LogP contribution in [-0.2, 0) is 4.79 Å². The van der Waals surface area contributed by atoms with Gasteiger partial charge in [0.1, 0.15) is 5.75 Å². The average Bonchev–Trinajstić information content (AvgIpc) is 2.39. The topological polar surface area (TPSA) is 26.3 Å². The largest absolute Gasteiger partial charge is 0.426 e. The van der Waals surface area contributed by atoms with Crippen LogP contribution in [0.4, 0.5) is 0 Å². The van der Waals surface area contributed by atoms with Crippen molar-refractivity contribution in [3.8, 4) is 5.75 Å². The maximum absolute atomic E-state index is 11.7. The van der Waals surface area contributed by atoms with Gasteiger partial charge in [0.2, 0.25) is 0 Å². The Morgan fingerprint density at radius 2 is 1.89 bits per heavy atom. The second-order valence-corrected chi connectivity index (χ2v) is 5.26. The van der Waals surface area contributed by atoms with Gasteiger partial charge in [-0.15, -0.1) is 0 Å². The number of rotatable bonds is 1. The summed E-state index contributed by atoms with van der Waals surface area (Å²) in [5.74, 6) is 0.534. The van der Waals surface area contributed by atoms with Crippen molar-refractivity contribution in [2.45, 2.75) is 19.3 Å². The van der Waals surface area contributed by atoms with E-state index in [1.807, 2.05) is 43.3 Å². The van der Waals surface area contributed by atoms with E-state index in [-0.39, 0.29) is 11.9 Å². The van der Waals surface area contributed by atoms with Crippen molar-refractivity contribution in [1.82, 2.24) is 0 Å². The predicted molar refractivity (Wildman–Crippen MR) is 74.7 cm³/mol. The van der Waals surface area contributed by atoms with E-state index in [2.05, 4.69) is 6.07 Å². The van der Waals surface area contributed by atoms with Gasteiger partial charge in [-0.1, -0.05) is 41.4 Å². The number of hydrogen-bond donors (Lipinski definition) is 0. The molecule has 2 aromatic rings. The predicted octanol–water partition coefficient (Wildman–Crippen LogP) is 4.09. The van der Waals surface area contributed by atoms with Crippen molar-refractivity contribution in [2.75, 3.05) is 0 Å². The molecule has 0 radical (unpaired) electrons. The molecule has 1 heterocycles. The lowest BCUT2D eigenvalue weighted by Crippen LogP contribution is -2.21. The Labute approximate surface area is 117 Å². The third-order valence-corrected chi connectivity index (χ3v) is 3.66. The van der Waals surface area contributed by atoms with Crippen LogP contribution in [0.2, 0.25) is 5.02 Å². The summed E-state index contributed by atoms with van der Waals surface area (Å²) in [6, 6.07) is 13.6. The quantitative estimate of drug-likeness (QED) is 0.577. The molecule has 0 aromatic heterocycles. The summed E-state index contributed by atoms with van der Waals surface area (Å²) >= 11 is 5.91. The van der Waals surface area contributed by atoms with Crippen molar-refractivity contribution >= 4 is 17.6 Å². The van der Waals surface area contributed by atoms with Crippen LogP contribution < -0.4 is 4.74 Å². The summed E-state index contributed by atoms with van der Waals surface area (Å²) in [5.41, 5.74) is 3.32. The van der Waals surface area contributed by atoms with Gasteiger partial charge in [0, 0.05) is 16.5 Å². The summed E-state index contributed by atoms with van der Waals surface area (Å²) in [7, 11) is 0. The Balaban J connectivity index is 2.09. The minimum absolute atomic E-state index is 0.0495. The zero-order valence-electron chi connectivity index (χ0n) is 10.5. The van der Waals surface area contributed by atoms with E-state index < -0.39 is 0 Å². The number of carbonyl (C=O) groups excluding carboxylic acids is 1. The molecule has 0 spiro atoms. The van der Waals surface area contributed by atoms with Crippen molar-refractivity contribution in [3.63, 3.8) is 0 Å². The van der Waals surface area contributed by atoms with Gasteiger partial charge in [-0.3, -0.25) is 4.79 Å². The third kappa shape index (κ3) is 2.36. The van der Waals surface area contributed by atoms with Crippen molar-refractivity contribution < 1.29 is 9.53 Å². The maximum Gasteiger partial charge on any atom is 0.312 e. The van der Waals surface area contributed by atoms with E-state index in [9.17, 15) is 4.79 Å². The SMILES string of the molecule is Cc1ccc2c(c1)C(c1ccc(Cl)cc1)CC(=O)O2. The standard InChI is InChI=1S/C16H13ClO2/c1-10-2-7-15-14(8-10)13(9-16(18)19-15)11-3-5-12(17)6-4-11/h2-8,13H,9H2,1H3. The first-order valence-corrected chi connectivity index (χ1v) is 6.58. The molecule has 0 aliphatic carbocycles. The molecule has 0 saturated carbocycles. The Morgan fingerprint density at radius 1 is 1.16 bits per heavy atom. The molecule has 1 aliphatic rings. The number of fused-ring (bicyclic) bond motifs is 1. The van der Waals surface area contributed by atoms with Gasteiger partial charge in [0.15, 0.2) is 0 Å². The summed E-state index contributed by atoms with van der Waals surface area (Å²) in [4.78, 5) is 11.7. The van der Waals surface area contributed by atoms with E-state index in [4.69, 9.17) is 16.3 Å². The monoisotopic (exact) mass is 272 g/mol. The first-order chi connectivity index (χ1) is 9.13. The third-order valence-electron chi connectivity index (χ3n) is 3.41. The first-order valence-electron chi connectivity index (χ1n) is 6.20. The molecule has 2 aromatic carbocycles. The summed E-state index contributed by atoms with van der Waals surface area (Å²) in [6.45, 7) is 2.04. The van der Waals surface area contributed by atoms with E-state index >= 15 is 0 Å². The number of halogens is 1. The molecule has 0 saturated heterocycles. The fourth-order valence-electron chi connectivity index (χ4n) is 2.47. The van der Waals surface area contributed by atoms with Gasteiger partial charge in [0.05, 0.1) is 6.42 Å². The van der Waals surface area contributed by atoms with E-state index in [0.717, 1.165) is 16.7 Å². The number of carbonyl (C=O) groups is 1. The van der Waals surface area contributed by atoms with Crippen LogP contribution >= 0.6 is 11.6 Å². The molecule has 0 bridgehead atoms. The van der Waals surface area contributed by atoms with Crippen LogP contribution in [0, 0.1) is 6.92 Å². The van der Waals surface area contributed by atoms with E-state index in [1.165, 1.54) is 0 Å². The normalized spacial score (nSPS) is 17.8. The molecule has 0 fully saturated rings. The van der Waals surface area contributed by atoms with Crippen LogP contribution in [0.15, 0.2) is 42.5 Å². The van der Waals surface area contributed by atoms with E-state index in [0.29, 0.717) is 17.2 Å². The number of esters is 1. The van der Waals surface area contributed by atoms with Gasteiger partial charge < -0.3 is 4.74 Å². The average molecular weight is 273 g/mol.